The van der Waals surface area contributed by atoms with E-state index in [9.17, 15) is 4.79 Å². The molecule has 1 saturated heterocycles. The topological polar surface area (TPSA) is 32.3 Å². The smallest absolute Gasteiger partial charge is 0.230 e. The average molecular weight is 282 g/mol. The number of hydrogen-bond acceptors (Lipinski definition) is 2. The van der Waals surface area contributed by atoms with Crippen LogP contribution in [-0.4, -0.2) is 36.5 Å². The third-order valence-corrected chi connectivity index (χ3v) is 4.93. The molecule has 1 N–H and O–H groups in total. The molecule has 0 aromatic heterocycles. The van der Waals surface area contributed by atoms with Gasteiger partial charge in [0.25, 0.3) is 0 Å². The quantitative estimate of drug-likeness (QED) is 0.777. The standard InChI is InChI=1S/C17H34N2O/c1-7-15(8-2)19(11-13(3)4)16(20)17(14(5)6)9-10-18-12-17/h13-15,18H,7-12H2,1-6H3. The van der Waals surface area contributed by atoms with Crippen molar-refractivity contribution in [2.24, 2.45) is 17.3 Å². The van der Waals surface area contributed by atoms with E-state index in [1.807, 2.05) is 0 Å². The summed E-state index contributed by atoms with van der Waals surface area (Å²) in [5, 5.41) is 3.41. The Bertz CT molecular complexity index is 302. The summed E-state index contributed by atoms with van der Waals surface area (Å²) in [6, 6.07) is 0.390. The van der Waals surface area contributed by atoms with Crippen LogP contribution in [0.2, 0.25) is 0 Å². The Kier molecular flexibility index (Phi) is 6.50. The number of rotatable bonds is 7. The highest BCUT2D eigenvalue weighted by atomic mass is 16.2. The zero-order valence-electron chi connectivity index (χ0n) is 14.3. The van der Waals surface area contributed by atoms with Gasteiger partial charge in [-0.25, -0.2) is 0 Å². The van der Waals surface area contributed by atoms with Gasteiger partial charge in [0.1, 0.15) is 0 Å². The molecule has 0 radical (unpaired) electrons. The molecule has 3 nitrogen and oxygen atoms in total. The van der Waals surface area contributed by atoms with Gasteiger partial charge in [-0.2, -0.15) is 0 Å². The van der Waals surface area contributed by atoms with E-state index in [1.165, 1.54) is 0 Å². The third-order valence-electron chi connectivity index (χ3n) is 4.93. The lowest BCUT2D eigenvalue weighted by molar-refractivity contribution is -0.147. The highest BCUT2D eigenvalue weighted by molar-refractivity contribution is 5.84. The van der Waals surface area contributed by atoms with Gasteiger partial charge in [0.2, 0.25) is 5.91 Å². The van der Waals surface area contributed by atoms with Gasteiger partial charge >= 0.3 is 0 Å². The lowest BCUT2D eigenvalue weighted by atomic mass is 9.74. The van der Waals surface area contributed by atoms with Gasteiger partial charge < -0.3 is 10.2 Å². The molecule has 1 amide bonds. The lowest BCUT2D eigenvalue weighted by Gasteiger charge is -2.41. The number of amides is 1. The van der Waals surface area contributed by atoms with Gasteiger partial charge in [0, 0.05) is 19.1 Å². The Balaban J connectivity index is 3.01. The van der Waals surface area contributed by atoms with Crippen molar-refractivity contribution in [1.82, 2.24) is 10.2 Å². The molecular weight excluding hydrogens is 248 g/mol. The molecule has 0 aromatic rings. The molecular formula is C17H34N2O. The van der Waals surface area contributed by atoms with Crippen LogP contribution in [0, 0.1) is 17.3 Å². The molecule has 1 rings (SSSR count). The summed E-state index contributed by atoms with van der Waals surface area (Å²) in [4.78, 5) is 15.5. The maximum atomic E-state index is 13.3. The van der Waals surface area contributed by atoms with Crippen LogP contribution < -0.4 is 5.32 Å². The van der Waals surface area contributed by atoms with E-state index in [-0.39, 0.29) is 5.41 Å². The van der Waals surface area contributed by atoms with Gasteiger partial charge in [0.05, 0.1) is 5.41 Å². The normalized spacial score (nSPS) is 23.1. The zero-order valence-corrected chi connectivity index (χ0v) is 14.3. The van der Waals surface area contributed by atoms with Crippen LogP contribution in [0.4, 0.5) is 0 Å². The summed E-state index contributed by atoms with van der Waals surface area (Å²) in [5.41, 5.74) is -0.183. The summed E-state index contributed by atoms with van der Waals surface area (Å²) < 4.78 is 0. The van der Waals surface area contributed by atoms with Crippen molar-refractivity contribution in [2.45, 2.75) is 66.8 Å². The average Bonchev–Trinajstić information content (AvgIpc) is 2.88. The number of nitrogens with zero attached hydrogens (tertiary/aromatic N) is 1. The van der Waals surface area contributed by atoms with E-state index < -0.39 is 0 Å². The fourth-order valence-corrected chi connectivity index (χ4v) is 3.44. The third kappa shape index (κ3) is 3.55. The van der Waals surface area contributed by atoms with Gasteiger partial charge in [-0.3, -0.25) is 4.79 Å². The minimum absolute atomic E-state index is 0.183. The van der Waals surface area contributed by atoms with Gasteiger partial charge in [-0.1, -0.05) is 41.5 Å². The Hall–Kier alpha value is -0.570. The number of carbonyl (C=O) groups excluding carboxylic acids is 1. The summed E-state index contributed by atoms with van der Waals surface area (Å²) in [7, 11) is 0. The second-order valence-electron chi connectivity index (χ2n) is 7.06. The van der Waals surface area contributed by atoms with Crippen molar-refractivity contribution in [3.8, 4) is 0 Å². The molecule has 20 heavy (non-hydrogen) atoms. The summed E-state index contributed by atoms with van der Waals surface area (Å²) in [5.74, 6) is 1.31. The molecule has 1 unspecified atom stereocenters. The van der Waals surface area contributed by atoms with Crippen molar-refractivity contribution in [3.63, 3.8) is 0 Å². The van der Waals surface area contributed by atoms with Crippen LogP contribution in [0.1, 0.15) is 60.8 Å². The predicted octanol–water partition coefficient (Wildman–Crippen LogP) is 3.30. The minimum atomic E-state index is -0.183. The van der Waals surface area contributed by atoms with Crippen LogP contribution in [0.25, 0.3) is 0 Å². The summed E-state index contributed by atoms with van der Waals surface area (Å²) >= 11 is 0. The van der Waals surface area contributed by atoms with Crippen LogP contribution in [-0.2, 0) is 4.79 Å². The molecule has 1 heterocycles. The van der Waals surface area contributed by atoms with Gasteiger partial charge in [-0.05, 0) is 37.6 Å². The molecule has 0 bridgehead atoms. The van der Waals surface area contributed by atoms with E-state index in [1.54, 1.807) is 0 Å². The highest BCUT2D eigenvalue weighted by Crippen LogP contribution is 2.37. The first-order valence-electron chi connectivity index (χ1n) is 8.40. The molecule has 0 spiro atoms. The van der Waals surface area contributed by atoms with E-state index in [2.05, 4.69) is 51.8 Å². The van der Waals surface area contributed by atoms with Crippen molar-refractivity contribution < 1.29 is 4.79 Å². The predicted molar refractivity (Wildman–Crippen MR) is 85.7 cm³/mol. The molecule has 0 aliphatic carbocycles. The number of carbonyl (C=O) groups is 1. The molecule has 118 valence electrons. The minimum Gasteiger partial charge on any atom is -0.339 e. The highest BCUT2D eigenvalue weighted by Gasteiger charge is 2.46. The largest absolute Gasteiger partial charge is 0.339 e. The maximum Gasteiger partial charge on any atom is 0.230 e. The Morgan fingerprint density at radius 2 is 1.80 bits per heavy atom. The van der Waals surface area contributed by atoms with Gasteiger partial charge in [0.15, 0.2) is 0 Å². The molecule has 1 aliphatic heterocycles. The first-order valence-corrected chi connectivity index (χ1v) is 8.40. The Labute approximate surface area is 125 Å². The van der Waals surface area contributed by atoms with Crippen molar-refractivity contribution in [2.75, 3.05) is 19.6 Å². The van der Waals surface area contributed by atoms with Crippen molar-refractivity contribution in [1.29, 1.82) is 0 Å². The molecule has 1 fully saturated rings. The van der Waals surface area contributed by atoms with Crippen molar-refractivity contribution >= 4 is 5.91 Å². The summed E-state index contributed by atoms with van der Waals surface area (Å²) in [6.07, 6.45) is 3.09. The Morgan fingerprint density at radius 1 is 1.20 bits per heavy atom. The molecule has 3 heteroatoms. The van der Waals surface area contributed by atoms with E-state index in [4.69, 9.17) is 0 Å². The maximum absolute atomic E-state index is 13.3. The van der Waals surface area contributed by atoms with Crippen LogP contribution in [0.15, 0.2) is 0 Å². The second-order valence-corrected chi connectivity index (χ2v) is 7.06. The van der Waals surface area contributed by atoms with Crippen LogP contribution >= 0.6 is 0 Å². The number of hydrogen-bond donors (Lipinski definition) is 1. The molecule has 1 atom stereocenters. The fourth-order valence-electron chi connectivity index (χ4n) is 3.44. The molecule has 1 aliphatic rings. The number of nitrogens with one attached hydrogen (secondary N) is 1. The monoisotopic (exact) mass is 282 g/mol. The molecule has 0 aromatic carbocycles. The SMILES string of the molecule is CCC(CC)N(CC(C)C)C(=O)C1(C(C)C)CCNC1. The van der Waals surface area contributed by atoms with Gasteiger partial charge in [-0.15, -0.1) is 0 Å². The van der Waals surface area contributed by atoms with Crippen molar-refractivity contribution in [3.05, 3.63) is 0 Å². The Morgan fingerprint density at radius 3 is 2.15 bits per heavy atom. The van der Waals surface area contributed by atoms with Crippen LogP contribution in [0.3, 0.4) is 0 Å². The van der Waals surface area contributed by atoms with E-state index in [0.29, 0.717) is 23.8 Å². The van der Waals surface area contributed by atoms with Crippen LogP contribution in [0.5, 0.6) is 0 Å². The fraction of sp³-hybridized carbons (Fsp3) is 0.941. The first kappa shape index (κ1) is 17.5. The zero-order chi connectivity index (χ0) is 15.3. The lowest BCUT2D eigenvalue weighted by Crippen LogP contribution is -2.52. The second kappa shape index (κ2) is 7.44. The summed E-state index contributed by atoms with van der Waals surface area (Å²) in [6.45, 7) is 15.9. The van der Waals surface area contributed by atoms with E-state index >= 15 is 0 Å². The first-order chi connectivity index (χ1) is 9.39. The molecule has 0 saturated carbocycles. The van der Waals surface area contributed by atoms with E-state index in [0.717, 1.165) is 38.9 Å².